The van der Waals surface area contributed by atoms with Crippen molar-refractivity contribution in [3.05, 3.63) is 102 Å². The predicted octanol–water partition coefficient (Wildman–Crippen LogP) is 5.67. The Bertz CT molecular complexity index is 1220. The fourth-order valence-electron chi connectivity index (χ4n) is 5.71. The number of nitrogens with zero attached hydrogens (tertiary/aromatic N) is 2. The van der Waals surface area contributed by atoms with Gasteiger partial charge in [-0.25, -0.2) is 0 Å². The first-order valence-corrected chi connectivity index (χ1v) is 14.6. The lowest BCUT2D eigenvalue weighted by Gasteiger charge is -2.32. The Hall–Kier alpha value is -3.64. The van der Waals surface area contributed by atoms with Gasteiger partial charge in [-0.05, 0) is 79.9 Å². The molecular formula is C34H40N2O4. The van der Waals surface area contributed by atoms with Crippen LogP contribution in [0.2, 0.25) is 0 Å². The van der Waals surface area contributed by atoms with Crippen LogP contribution < -0.4 is 4.74 Å². The Labute approximate surface area is 237 Å². The zero-order valence-corrected chi connectivity index (χ0v) is 23.3. The van der Waals surface area contributed by atoms with Crippen LogP contribution in [0.1, 0.15) is 54.7 Å². The molecule has 2 fully saturated rings. The van der Waals surface area contributed by atoms with Crippen molar-refractivity contribution in [3.63, 3.8) is 0 Å². The summed E-state index contributed by atoms with van der Waals surface area (Å²) in [5.74, 6) is 0.157. The molecule has 1 atom stereocenters. The third kappa shape index (κ3) is 7.72. The Kier molecular flexibility index (Phi) is 9.86. The minimum absolute atomic E-state index is 0.00682. The van der Waals surface area contributed by atoms with Gasteiger partial charge >= 0.3 is 5.97 Å². The maximum atomic E-state index is 13.5. The summed E-state index contributed by atoms with van der Waals surface area (Å²) in [6.45, 7) is 5.02. The molecule has 6 heteroatoms. The highest BCUT2D eigenvalue weighted by Gasteiger charge is 2.27. The van der Waals surface area contributed by atoms with Crippen LogP contribution in [0.15, 0.2) is 84.9 Å². The first-order valence-electron chi connectivity index (χ1n) is 14.6. The van der Waals surface area contributed by atoms with E-state index in [-0.39, 0.29) is 18.5 Å². The van der Waals surface area contributed by atoms with Gasteiger partial charge in [-0.1, -0.05) is 72.8 Å². The highest BCUT2D eigenvalue weighted by Crippen LogP contribution is 2.30. The van der Waals surface area contributed by atoms with E-state index in [1.54, 1.807) is 0 Å². The van der Waals surface area contributed by atoms with Crippen LogP contribution >= 0.6 is 0 Å². The van der Waals surface area contributed by atoms with E-state index < -0.39 is 5.92 Å². The van der Waals surface area contributed by atoms with Gasteiger partial charge in [-0.3, -0.25) is 14.5 Å². The minimum Gasteiger partial charge on any atom is -0.484 e. The van der Waals surface area contributed by atoms with Crippen molar-refractivity contribution < 1.29 is 19.1 Å². The van der Waals surface area contributed by atoms with E-state index in [9.17, 15) is 9.59 Å². The summed E-state index contributed by atoms with van der Waals surface area (Å²) in [6, 6.07) is 27.8. The average molecular weight is 541 g/mol. The van der Waals surface area contributed by atoms with E-state index in [1.165, 1.54) is 12.0 Å². The van der Waals surface area contributed by atoms with E-state index in [1.807, 2.05) is 65.6 Å². The molecule has 2 aliphatic rings. The number of hydrogen-bond donors (Lipinski definition) is 0. The number of amides is 1. The molecule has 2 aliphatic heterocycles. The highest BCUT2D eigenvalue weighted by atomic mass is 16.5. The van der Waals surface area contributed by atoms with Gasteiger partial charge in [0.1, 0.15) is 11.7 Å². The van der Waals surface area contributed by atoms with E-state index in [0.717, 1.165) is 69.5 Å². The van der Waals surface area contributed by atoms with Gasteiger partial charge in [0.25, 0.3) is 5.91 Å². The molecule has 2 heterocycles. The van der Waals surface area contributed by atoms with E-state index in [4.69, 9.17) is 9.47 Å². The number of hydrogen-bond acceptors (Lipinski definition) is 5. The monoisotopic (exact) mass is 540 g/mol. The third-order valence-electron chi connectivity index (χ3n) is 8.05. The van der Waals surface area contributed by atoms with E-state index >= 15 is 0 Å². The van der Waals surface area contributed by atoms with Crippen LogP contribution in [0.3, 0.4) is 0 Å². The lowest BCUT2D eigenvalue weighted by atomic mass is 9.91. The van der Waals surface area contributed by atoms with Crippen LogP contribution in [0.5, 0.6) is 5.75 Å². The normalized spacial score (nSPS) is 17.2. The van der Waals surface area contributed by atoms with Crippen molar-refractivity contribution >= 4 is 11.9 Å². The van der Waals surface area contributed by atoms with Gasteiger partial charge < -0.3 is 14.4 Å². The molecule has 3 aromatic rings. The SMILES string of the molecule is O=C(OCC1CCN(Cc2ccccc2)CC1)C(c1ccccc1)c1cccc(OCC(=O)N2CCCCC2)c1. The Morgan fingerprint density at radius 3 is 2.17 bits per heavy atom. The van der Waals surface area contributed by atoms with Gasteiger partial charge in [0, 0.05) is 19.6 Å². The van der Waals surface area contributed by atoms with Crippen LogP contribution in [-0.2, 0) is 20.9 Å². The number of piperidine rings is 2. The second kappa shape index (κ2) is 14.1. The number of likely N-dealkylation sites (tertiary alicyclic amines) is 2. The predicted molar refractivity (Wildman–Crippen MR) is 156 cm³/mol. The third-order valence-corrected chi connectivity index (χ3v) is 8.05. The van der Waals surface area contributed by atoms with Crippen molar-refractivity contribution in [3.8, 4) is 5.75 Å². The number of esters is 1. The first-order chi connectivity index (χ1) is 19.7. The Morgan fingerprint density at radius 1 is 0.775 bits per heavy atom. The lowest BCUT2D eigenvalue weighted by molar-refractivity contribution is -0.146. The number of benzene rings is 3. The molecule has 0 aliphatic carbocycles. The molecule has 2 saturated heterocycles. The first kappa shape index (κ1) is 27.9. The molecule has 6 nitrogen and oxygen atoms in total. The number of carbonyl (C=O) groups is 2. The summed E-state index contributed by atoms with van der Waals surface area (Å²) < 4.78 is 11.9. The molecule has 0 bridgehead atoms. The fourth-order valence-corrected chi connectivity index (χ4v) is 5.71. The van der Waals surface area contributed by atoms with Crippen molar-refractivity contribution in [2.45, 2.75) is 44.6 Å². The smallest absolute Gasteiger partial charge is 0.317 e. The second-order valence-corrected chi connectivity index (χ2v) is 11.0. The van der Waals surface area contributed by atoms with Gasteiger partial charge in [0.15, 0.2) is 6.61 Å². The van der Waals surface area contributed by atoms with Gasteiger partial charge in [0.2, 0.25) is 0 Å². The standard InChI is InChI=1S/C34H40N2O4/c37-32(36-19-8-3-9-20-36)26-39-31-16-10-15-30(23-31)33(29-13-6-2-7-14-29)34(38)40-25-28-17-21-35(22-18-28)24-27-11-4-1-5-12-27/h1-2,4-7,10-16,23,28,33H,3,8-9,17-22,24-26H2. The minimum atomic E-state index is -0.555. The zero-order chi connectivity index (χ0) is 27.6. The van der Waals surface area contributed by atoms with Crippen molar-refractivity contribution in [2.75, 3.05) is 39.4 Å². The zero-order valence-electron chi connectivity index (χ0n) is 23.3. The molecule has 1 unspecified atom stereocenters. The van der Waals surface area contributed by atoms with Gasteiger partial charge in [0.05, 0.1) is 6.61 Å². The molecule has 0 N–H and O–H groups in total. The summed E-state index contributed by atoms with van der Waals surface area (Å²) >= 11 is 0. The average Bonchev–Trinajstić information content (AvgIpc) is 3.01. The second-order valence-electron chi connectivity index (χ2n) is 11.0. The maximum Gasteiger partial charge on any atom is 0.317 e. The summed E-state index contributed by atoms with van der Waals surface area (Å²) in [5.41, 5.74) is 3.02. The lowest BCUT2D eigenvalue weighted by Crippen LogP contribution is -2.38. The number of ether oxygens (including phenoxy) is 2. The van der Waals surface area contributed by atoms with E-state index in [2.05, 4.69) is 29.2 Å². The van der Waals surface area contributed by atoms with E-state index in [0.29, 0.717) is 18.3 Å². The topological polar surface area (TPSA) is 59.1 Å². The summed E-state index contributed by atoms with van der Waals surface area (Å²) in [6.07, 6.45) is 5.32. The molecule has 1 amide bonds. The van der Waals surface area contributed by atoms with Crippen LogP contribution in [-0.4, -0.2) is 61.1 Å². The summed E-state index contributed by atoms with van der Waals surface area (Å²) in [5, 5.41) is 0. The maximum absolute atomic E-state index is 13.5. The van der Waals surface area contributed by atoms with Crippen LogP contribution in [0, 0.1) is 5.92 Å². The van der Waals surface area contributed by atoms with Crippen molar-refractivity contribution in [1.29, 1.82) is 0 Å². The summed E-state index contributed by atoms with van der Waals surface area (Å²) in [4.78, 5) is 30.5. The quantitative estimate of drug-likeness (QED) is 0.311. The molecule has 0 aromatic heterocycles. The molecule has 5 rings (SSSR count). The molecule has 40 heavy (non-hydrogen) atoms. The fraction of sp³-hybridized carbons (Fsp3) is 0.412. The molecule has 0 saturated carbocycles. The molecule has 0 spiro atoms. The highest BCUT2D eigenvalue weighted by molar-refractivity contribution is 5.82. The Morgan fingerprint density at radius 2 is 1.45 bits per heavy atom. The number of rotatable bonds is 10. The summed E-state index contributed by atoms with van der Waals surface area (Å²) in [7, 11) is 0. The number of carbonyl (C=O) groups excluding carboxylic acids is 2. The molecule has 0 radical (unpaired) electrons. The van der Waals surface area contributed by atoms with Crippen LogP contribution in [0.25, 0.3) is 0 Å². The Balaban J connectivity index is 1.18. The molecular weight excluding hydrogens is 500 g/mol. The molecule has 3 aromatic carbocycles. The van der Waals surface area contributed by atoms with Crippen molar-refractivity contribution in [2.24, 2.45) is 5.92 Å². The van der Waals surface area contributed by atoms with Crippen molar-refractivity contribution in [1.82, 2.24) is 9.80 Å². The largest absolute Gasteiger partial charge is 0.484 e. The van der Waals surface area contributed by atoms with Gasteiger partial charge in [-0.15, -0.1) is 0 Å². The van der Waals surface area contributed by atoms with Crippen LogP contribution in [0.4, 0.5) is 0 Å². The molecule has 210 valence electrons. The van der Waals surface area contributed by atoms with Gasteiger partial charge in [-0.2, -0.15) is 0 Å².